The summed E-state index contributed by atoms with van der Waals surface area (Å²) < 4.78 is 5.54. The molecule has 114 valence electrons. The molecule has 0 aromatic carbocycles. The summed E-state index contributed by atoms with van der Waals surface area (Å²) in [5.41, 5.74) is 0. The third kappa shape index (κ3) is 3.32. The van der Waals surface area contributed by atoms with Crippen LogP contribution in [0.3, 0.4) is 0 Å². The largest absolute Gasteiger partial charge is 0.481 e. The van der Waals surface area contributed by atoms with E-state index in [0.29, 0.717) is 25.3 Å². The topological polar surface area (TPSA) is 66.8 Å². The number of carboxylic acids is 1. The van der Waals surface area contributed by atoms with Crippen molar-refractivity contribution in [1.82, 2.24) is 4.90 Å². The van der Waals surface area contributed by atoms with Gasteiger partial charge in [0, 0.05) is 20.2 Å². The molecule has 5 heteroatoms. The first kappa shape index (κ1) is 15.3. The summed E-state index contributed by atoms with van der Waals surface area (Å²) in [6.07, 6.45) is 4.45. The summed E-state index contributed by atoms with van der Waals surface area (Å²) in [7, 11) is 1.77. The maximum absolute atomic E-state index is 12.5. The van der Waals surface area contributed by atoms with E-state index in [1.165, 1.54) is 0 Å². The second-order valence-electron chi connectivity index (χ2n) is 6.15. The van der Waals surface area contributed by atoms with Gasteiger partial charge in [0.25, 0.3) is 0 Å². The number of amides is 1. The Kier molecular flexibility index (Phi) is 5.02. The molecule has 0 aromatic heterocycles. The summed E-state index contributed by atoms with van der Waals surface area (Å²) in [4.78, 5) is 25.5. The van der Waals surface area contributed by atoms with Gasteiger partial charge in [-0.2, -0.15) is 0 Å². The molecular formula is C15H25NO4. The minimum atomic E-state index is -0.829. The van der Waals surface area contributed by atoms with Gasteiger partial charge in [-0.15, -0.1) is 0 Å². The number of carbonyl (C=O) groups is 2. The van der Waals surface area contributed by atoms with E-state index in [-0.39, 0.29) is 17.9 Å². The SMILES string of the molecule is CCC1C[C@H](C(=O)N(C)CC2CCCO2)[C@H](C(=O)O)C1. The number of carboxylic acid groups (broad SMARTS) is 1. The molecule has 1 aliphatic carbocycles. The van der Waals surface area contributed by atoms with Crippen LogP contribution >= 0.6 is 0 Å². The average molecular weight is 283 g/mol. The molecule has 1 saturated carbocycles. The van der Waals surface area contributed by atoms with Gasteiger partial charge in [0.05, 0.1) is 17.9 Å². The number of carbonyl (C=O) groups excluding carboxylic acids is 1. The Morgan fingerprint density at radius 3 is 2.55 bits per heavy atom. The Balaban J connectivity index is 1.96. The summed E-state index contributed by atoms with van der Waals surface area (Å²) in [5, 5.41) is 9.32. The van der Waals surface area contributed by atoms with Crippen molar-refractivity contribution in [3.05, 3.63) is 0 Å². The zero-order valence-electron chi connectivity index (χ0n) is 12.4. The van der Waals surface area contributed by atoms with Gasteiger partial charge in [-0.3, -0.25) is 9.59 Å². The molecule has 2 rings (SSSR count). The fourth-order valence-corrected chi connectivity index (χ4v) is 3.49. The van der Waals surface area contributed by atoms with Crippen molar-refractivity contribution >= 4 is 11.9 Å². The summed E-state index contributed by atoms with van der Waals surface area (Å²) >= 11 is 0. The standard InChI is InChI=1S/C15H25NO4/c1-3-10-7-12(13(8-10)15(18)19)14(17)16(2)9-11-5-4-6-20-11/h10-13H,3-9H2,1-2H3,(H,18,19)/t10?,11?,12-,13+/m0/s1. The van der Waals surface area contributed by atoms with Crippen LogP contribution in [-0.2, 0) is 14.3 Å². The molecule has 2 fully saturated rings. The zero-order valence-corrected chi connectivity index (χ0v) is 12.4. The number of ether oxygens (including phenoxy) is 1. The summed E-state index contributed by atoms with van der Waals surface area (Å²) in [5.74, 6) is -1.36. The predicted octanol–water partition coefficient (Wildman–Crippen LogP) is 1.76. The first-order chi connectivity index (χ1) is 9.52. The highest BCUT2D eigenvalue weighted by Crippen LogP contribution is 2.39. The van der Waals surface area contributed by atoms with Crippen LogP contribution in [0.1, 0.15) is 39.0 Å². The van der Waals surface area contributed by atoms with Crippen molar-refractivity contribution in [3.8, 4) is 0 Å². The van der Waals surface area contributed by atoms with E-state index in [4.69, 9.17) is 4.74 Å². The molecule has 2 aliphatic rings. The van der Waals surface area contributed by atoms with E-state index in [1.54, 1.807) is 11.9 Å². The molecule has 0 spiro atoms. The Labute approximate surface area is 120 Å². The number of hydrogen-bond donors (Lipinski definition) is 1. The predicted molar refractivity (Wildman–Crippen MR) is 74.2 cm³/mol. The van der Waals surface area contributed by atoms with E-state index in [2.05, 4.69) is 6.92 Å². The minimum Gasteiger partial charge on any atom is -0.481 e. The van der Waals surface area contributed by atoms with E-state index in [0.717, 1.165) is 25.9 Å². The van der Waals surface area contributed by atoms with Crippen molar-refractivity contribution in [1.29, 1.82) is 0 Å². The van der Waals surface area contributed by atoms with Gasteiger partial charge in [-0.1, -0.05) is 13.3 Å². The highest BCUT2D eigenvalue weighted by atomic mass is 16.5. The normalized spacial score (nSPS) is 33.3. The monoisotopic (exact) mass is 283 g/mol. The highest BCUT2D eigenvalue weighted by Gasteiger charge is 2.43. The van der Waals surface area contributed by atoms with Gasteiger partial charge in [-0.05, 0) is 31.6 Å². The maximum atomic E-state index is 12.5. The molecule has 2 unspecified atom stereocenters. The number of likely N-dealkylation sites (N-methyl/N-ethyl adjacent to an activating group) is 1. The quantitative estimate of drug-likeness (QED) is 0.835. The molecule has 0 bridgehead atoms. The first-order valence-corrected chi connectivity index (χ1v) is 7.62. The number of rotatable bonds is 5. The van der Waals surface area contributed by atoms with Crippen LogP contribution in [0.15, 0.2) is 0 Å². The van der Waals surface area contributed by atoms with Gasteiger partial charge in [-0.25, -0.2) is 0 Å². The average Bonchev–Trinajstić information content (AvgIpc) is 3.06. The van der Waals surface area contributed by atoms with Crippen molar-refractivity contribution in [2.24, 2.45) is 17.8 Å². The Morgan fingerprint density at radius 1 is 1.30 bits per heavy atom. The van der Waals surface area contributed by atoms with Crippen LogP contribution in [0, 0.1) is 17.8 Å². The van der Waals surface area contributed by atoms with Gasteiger partial charge in [0.15, 0.2) is 0 Å². The number of hydrogen-bond acceptors (Lipinski definition) is 3. The molecule has 1 N–H and O–H groups in total. The number of aliphatic carboxylic acids is 1. The van der Waals surface area contributed by atoms with Crippen molar-refractivity contribution in [3.63, 3.8) is 0 Å². The summed E-state index contributed by atoms with van der Waals surface area (Å²) in [6, 6.07) is 0. The van der Waals surface area contributed by atoms with Crippen molar-refractivity contribution < 1.29 is 19.4 Å². The van der Waals surface area contributed by atoms with Crippen LogP contribution in [-0.4, -0.2) is 48.2 Å². The molecule has 1 amide bonds. The van der Waals surface area contributed by atoms with Crippen LogP contribution in [0.25, 0.3) is 0 Å². The third-order valence-corrected chi connectivity index (χ3v) is 4.75. The number of nitrogens with zero attached hydrogens (tertiary/aromatic N) is 1. The molecule has 1 saturated heterocycles. The van der Waals surface area contributed by atoms with Crippen molar-refractivity contribution in [2.75, 3.05) is 20.2 Å². The molecule has 5 nitrogen and oxygen atoms in total. The second kappa shape index (κ2) is 6.57. The summed E-state index contributed by atoms with van der Waals surface area (Å²) in [6.45, 7) is 3.41. The van der Waals surface area contributed by atoms with Gasteiger partial charge < -0.3 is 14.7 Å². The molecule has 0 radical (unpaired) electrons. The lowest BCUT2D eigenvalue weighted by Gasteiger charge is -2.25. The van der Waals surface area contributed by atoms with Crippen molar-refractivity contribution in [2.45, 2.75) is 45.1 Å². The maximum Gasteiger partial charge on any atom is 0.307 e. The van der Waals surface area contributed by atoms with Gasteiger partial charge in [0.1, 0.15) is 0 Å². The zero-order chi connectivity index (χ0) is 14.7. The van der Waals surface area contributed by atoms with Crippen LogP contribution in [0.2, 0.25) is 0 Å². The smallest absolute Gasteiger partial charge is 0.307 e. The fraction of sp³-hybridized carbons (Fsp3) is 0.867. The van der Waals surface area contributed by atoms with Gasteiger partial charge >= 0.3 is 5.97 Å². The van der Waals surface area contributed by atoms with Crippen LogP contribution in [0.5, 0.6) is 0 Å². The lowest BCUT2D eigenvalue weighted by Crippen LogP contribution is -2.40. The van der Waals surface area contributed by atoms with E-state index in [1.807, 2.05) is 0 Å². The minimum absolute atomic E-state index is 0.0242. The van der Waals surface area contributed by atoms with E-state index < -0.39 is 11.9 Å². The lowest BCUT2D eigenvalue weighted by atomic mass is 9.95. The molecule has 1 heterocycles. The fourth-order valence-electron chi connectivity index (χ4n) is 3.49. The highest BCUT2D eigenvalue weighted by molar-refractivity contribution is 5.85. The molecule has 20 heavy (non-hydrogen) atoms. The van der Waals surface area contributed by atoms with Crippen LogP contribution < -0.4 is 0 Å². The third-order valence-electron chi connectivity index (χ3n) is 4.75. The first-order valence-electron chi connectivity index (χ1n) is 7.62. The molecule has 0 aromatic rings. The second-order valence-corrected chi connectivity index (χ2v) is 6.15. The molecule has 4 atom stereocenters. The van der Waals surface area contributed by atoms with E-state index >= 15 is 0 Å². The van der Waals surface area contributed by atoms with Crippen LogP contribution in [0.4, 0.5) is 0 Å². The lowest BCUT2D eigenvalue weighted by molar-refractivity contribution is -0.149. The Bertz CT molecular complexity index is 365. The van der Waals surface area contributed by atoms with E-state index in [9.17, 15) is 14.7 Å². The molecular weight excluding hydrogens is 258 g/mol. The Hall–Kier alpha value is -1.10. The Morgan fingerprint density at radius 2 is 2.00 bits per heavy atom. The van der Waals surface area contributed by atoms with Gasteiger partial charge in [0.2, 0.25) is 5.91 Å². The molecule has 1 aliphatic heterocycles.